The number of urea groups is 1. The summed E-state index contributed by atoms with van der Waals surface area (Å²) in [5.41, 5.74) is 0. The van der Waals surface area contributed by atoms with Gasteiger partial charge in [0.05, 0.1) is 6.61 Å². The third-order valence-corrected chi connectivity index (χ3v) is 1.87. The van der Waals surface area contributed by atoms with Gasteiger partial charge in [0.2, 0.25) is 5.91 Å². The highest BCUT2D eigenvalue weighted by Gasteiger charge is 2.19. The van der Waals surface area contributed by atoms with Gasteiger partial charge < -0.3 is 10.1 Å². The van der Waals surface area contributed by atoms with Crippen LogP contribution in [0.3, 0.4) is 0 Å². The monoisotopic (exact) mass is 270 g/mol. The summed E-state index contributed by atoms with van der Waals surface area (Å²) in [6.07, 6.45) is 0. The summed E-state index contributed by atoms with van der Waals surface area (Å²) in [6, 6.07) is -0.627. The second-order valence-corrected chi connectivity index (χ2v) is 3.29. The Balaban J connectivity index is 2.62. The van der Waals surface area contributed by atoms with E-state index >= 15 is 0 Å². The molecule has 104 valence electrons. The van der Waals surface area contributed by atoms with Crippen LogP contribution in [0.4, 0.5) is 4.79 Å². The maximum Gasteiger partial charge on any atom is 0.378 e. The summed E-state index contributed by atoms with van der Waals surface area (Å²) >= 11 is 0. The van der Waals surface area contributed by atoms with E-state index in [4.69, 9.17) is 4.74 Å². The van der Waals surface area contributed by atoms with Gasteiger partial charge >= 0.3 is 12.0 Å². The molecule has 0 aliphatic heterocycles. The number of tetrazole rings is 1. The van der Waals surface area contributed by atoms with E-state index in [1.807, 2.05) is 0 Å². The molecule has 0 radical (unpaired) electrons. The molecule has 0 spiro atoms. The second-order valence-electron chi connectivity index (χ2n) is 3.29. The Morgan fingerprint density at radius 2 is 2.05 bits per heavy atom. The number of carbonyl (C=O) groups is 3. The lowest BCUT2D eigenvalue weighted by Crippen LogP contribution is -2.41. The molecule has 0 fully saturated rings. The normalized spacial score (nSPS) is 9.79. The summed E-state index contributed by atoms with van der Waals surface area (Å²) < 4.78 is 5.67. The van der Waals surface area contributed by atoms with Gasteiger partial charge in [0.15, 0.2) is 0 Å². The Morgan fingerprint density at radius 3 is 2.68 bits per heavy atom. The number of ether oxygens (including phenoxy) is 1. The van der Waals surface area contributed by atoms with Crippen LogP contribution in [-0.4, -0.2) is 51.3 Å². The van der Waals surface area contributed by atoms with Crippen LogP contribution in [0.15, 0.2) is 0 Å². The molecule has 10 nitrogen and oxygen atoms in total. The summed E-state index contributed by atoms with van der Waals surface area (Å²) in [5, 5.41) is 14.7. The highest BCUT2D eigenvalue weighted by atomic mass is 16.5. The molecule has 10 heteroatoms. The van der Waals surface area contributed by atoms with Crippen LogP contribution in [-0.2, 0) is 16.1 Å². The van der Waals surface area contributed by atoms with Gasteiger partial charge in [0, 0.05) is 6.54 Å². The second kappa shape index (κ2) is 7.03. The number of nitrogens with zero attached hydrogens (tertiary/aromatic N) is 4. The van der Waals surface area contributed by atoms with E-state index in [1.165, 1.54) is 0 Å². The Morgan fingerprint density at radius 1 is 1.32 bits per heavy atom. The summed E-state index contributed by atoms with van der Waals surface area (Å²) in [4.78, 5) is 34.0. The minimum atomic E-state index is -0.738. The van der Waals surface area contributed by atoms with Crippen molar-refractivity contribution < 1.29 is 19.1 Å². The first kappa shape index (κ1) is 14.5. The van der Waals surface area contributed by atoms with E-state index in [0.29, 0.717) is 6.54 Å². The third-order valence-electron chi connectivity index (χ3n) is 1.87. The van der Waals surface area contributed by atoms with Crippen LogP contribution < -0.4 is 10.6 Å². The van der Waals surface area contributed by atoms with Crippen molar-refractivity contribution in [3.63, 3.8) is 0 Å². The maximum absolute atomic E-state index is 11.5. The molecule has 1 heterocycles. The molecular formula is C9H14N6O4. The first-order valence-corrected chi connectivity index (χ1v) is 5.59. The predicted molar refractivity (Wildman–Crippen MR) is 61.0 cm³/mol. The van der Waals surface area contributed by atoms with Gasteiger partial charge in [-0.15, -0.1) is 5.10 Å². The number of aromatic nitrogens is 4. The lowest BCUT2D eigenvalue weighted by atomic mass is 10.5. The van der Waals surface area contributed by atoms with Crippen molar-refractivity contribution in [2.45, 2.75) is 20.4 Å². The highest BCUT2D eigenvalue weighted by Crippen LogP contribution is 1.95. The van der Waals surface area contributed by atoms with Crippen molar-refractivity contribution in [3.05, 3.63) is 5.82 Å². The molecule has 2 N–H and O–H groups in total. The molecule has 0 unspecified atom stereocenters. The Bertz CT molecular complexity index is 471. The summed E-state index contributed by atoms with van der Waals surface area (Å²) in [5.74, 6) is -1.59. The number of hydrogen-bond donors (Lipinski definition) is 2. The molecule has 1 rings (SSSR count). The van der Waals surface area contributed by atoms with Gasteiger partial charge in [0.25, 0.3) is 5.82 Å². The van der Waals surface area contributed by atoms with E-state index in [0.717, 1.165) is 4.68 Å². The largest absolute Gasteiger partial charge is 0.460 e. The molecule has 1 aromatic heterocycles. The van der Waals surface area contributed by atoms with Gasteiger partial charge in [-0.25, -0.2) is 14.3 Å². The molecule has 0 saturated heterocycles. The summed E-state index contributed by atoms with van der Waals surface area (Å²) in [7, 11) is 0. The molecular weight excluding hydrogens is 256 g/mol. The van der Waals surface area contributed by atoms with Gasteiger partial charge in [-0.2, -0.15) is 0 Å². The van der Waals surface area contributed by atoms with Crippen molar-refractivity contribution in [3.8, 4) is 0 Å². The van der Waals surface area contributed by atoms with Crippen LogP contribution in [0, 0.1) is 0 Å². The zero-order chi connectivity index (χ0) is 14.3. The van der Waals surface area contributed by atoms with E-state index in [1.54, 1.807) is 13.8 Å². The van der Waals surface area contributed by atoms with Crippen LogP contribution in [0.5, 0.6) is 0 Å². The molecule has 0 bridgehead atoms. The average molecular weight is 270 g/mol. The van der Waals surface area contributed by atoms with E-state index in [-0.39, 0.29) is 19.0 Å². The van der Waals surface area contributed by atoms with Crippen LogP contribution >= 0.6 is 0 Å². The quantitative estimate of drug-likeness (QED) is 0.636. The number of nitrogens with one attached hydrogen (secondary N) is 2. The van der Waals surface area contributed by atoms with E-state index in [9.17, 15) is 14.4 Å². The molecule has 0 aliphatic rings. The van der Waals surface area contributed by atoms with Crippen molar-refractivity contribution in [1.29, 1.82) is 0 Å². The number of rotatable bonds is 5. The fourth-order valence-corrected chi connectivity index (χ4v) is 1.16. The molecule has 0 saturated carbocycles. The zero-order valence-electron chi connectivity index (χ0n) is 10.5. The third kappa shape index (κ3) is 4.33. The highest BCUT2D eigenvalue weighted by molar-refractivity contribution is 5.94. The molecule has 1 aromatic rings. The molecule has 3 amide bonds. The topological polar surface area (TPSA) is 128 Å². The fraction of sp³-hybridized carbons (Fsp3) is 0.556. The summed E-state index contributed by atoms with van der Waals surface area (Å²) in [6.45, 7) is 3.53. The number of carbonyl (C=O) groups excluding carboxylic acids is 3. The van der Waals surface area contributed by atoms with Gasteiger partial charge in [-0.05, 0) is 24.3 Å². The Labute approximate surface area is 108 Å². The van der Waals surface area contributed by atoms with E-state index < -0.39 is 17.9 Å². The molecule has 0 atom stereocenters. The molecule has 0 aliphatic carbocycles. The number of hydrogen-bond acceptors (Lipinski definition) is 7. The van der Waals surface area contributed by atoms with Crippen molar-refractivity contribution in [1.82, 2.24) is 30.8 Å². The van der Waals surface area contributed by atoms with Gasteiger partial charge in [0.1, 0.15) is 6.54 Å². The predicted octanol–water partition coefficient (Wildman–Crippen LogP) is -1.30. The van der Waals surface area contributed by atoms with Gasteiger partial charge in [-0.3, -0.25) is 10.1 Å². The van der Waals surface area contributed by atoms with Gasteiger partial charge in [-0.1, -0.05) is 0 Å². The van der Waals surface area contributed by atoms with Crippen molar-refractivity contribution >= 4 is 17.9 Å². The minimum Gasteiger partial charge on any atom is -0.460 e. The molecule has 19 heavy (non-hydrogen) atoms. The maximum atomic E-state index is 11.5. The standard InChI is InChI=1S/C9H14N6O4/c1-3-10-9(18)11-6(16)5-15-7(12-13-14-15)8(17)19-4-2/h3-5H2,1-2H3,(H2,10,11,16,18). The van der Waals surface area contributed by atoms with Crippen molar-refractivity contribution in [2.75, 3.05) is 13.2 Å². The van der Waals surface area contributed by atoms with E-state index in [2.05, 4.69) is 26.2 Å². The SMILES string of the molecule is CCNC(=O)NC(=O)Cn1nnnc1C(=O)OCC. The number of esters is 1. The Hall–Kier alpha value is -2.52. The van der Waals surface area contributed by atoms with Crippen LogP contribution in [0.25, 0.3) is 0 Å². The Kier molecular flexibility index (Phi) is 5.38. The smallest absolute Gasteiger partial charge is 0.378 e. The lowest BCUT2D eigenvalue weighted by molar-refractivity contribution is -0.120. The average Bonchev–Trinajstić information content (AvgIpc) is 2.77. The van der Waals surface area contributed by atoms with Crippen LogP contribution in [0.1, 0.15) is 24.5 Å². The first-order valence-electron chi connectivity index (χ1n) is 5.59. The fourth-order valence-electron chi connectivity index (χ4n) is 1.16. The van der Waals surface area contributed by atoms with Crippen molar-refractivity contribution in [2.24, 2.45) is 0 Å². The number of amides is 3. The minimum absolute atomic E-state index is 0.163. The lowest BCUT2D eigenvalue weighted by Gasteiger charge is -2.05. The number of imide groups is 1. The first-order chi connectivity index (χ1) is 9.08. The molecule has 0 aromatic carbocycles. The zero-order valence-corrected chi connectivity index (χ0v) is 10.5. The van der Waals surface area contributed by atoms with Crippen LogP contribution in [0.2, 0.25) is 0 Å².